The van der Waals surface area contributed by atoms with Crippen molar-refractivity contribution in [2.75, 3.05) is 6.54 Å². The summed E-state index contributed by atoms with van der Waals surface area (Å²) in [5.41, 5.74) is 3.16. The Labute approximate surface area is 160 Å². The molecule has 0 atom stereocenters. The molecule has 0 saturated carbocycles. The number of aromatic nitrogens is 4. The second kappa shape index (κ2) is 7.17. The highest BCUT2D eigenvalue weighted by atomic mass is 35.5. The first-order valence-electron chi connectivity index (χ1n) is 8.56. The highest BCUT2D eigenvalue weighted by Gasteiger charge is 2.23. The molecule has 0 radical (unpaired) electrons. The Bertz CT molecular complexity index is 1050. The van der Waals surface area contributed by atoms with Gasteiger partial charge in [0.05, 0.1) is 16.3 Å². The molecule has 1 aromatic carbocycles. The minimum absolute atomic E-state index is 0.154. The molecule has 6 nitrogen and oxygen atoms in total. The van der Waals surface area contributed by atoms with E-state index in [1.165, 1.54) is 12.4 Å². The van der Waals surface area contributed by atoms with Gasteiger partial charge in [0.15, 0.2) is 0 Å². The summed E-state index contributed by atoms with van der Waals surface area (Å²) in [7, 11) is 0. The quantitative estimate of drug-likeness (QED) is 0.750. The predicted octanol–water partition coefficient (Wildman–Crippen LogP) is 2.89. The number of hydrogen-bond acceptors (Lipinski definition) is 5. The van der Waals surface area contributed by atoms with Crippen LogP contribution in [-0.4, -0.2) is 31.4 Å². The first kappa shape index (κ1) is 17.8. The molecule has 27 heavy (non-hydrogen) atoms. The lowest BCUT2D eigenvalue weighted by molar-refractivity contribution is 0.237. The van der Waals surface area contributed by atoms with Gasteiger partial charge in [-0.15, -0.1) is 0 Å². The van der Waals surface area contributed by atoms with E-state index >= 15 is 0 Å². The van der Waals surface area contributed by atoms with Crippen molar-refractivity contribution in [2.24, 2.45) is 0 Å². The third kappa shape index (κ3) is 3.48. The van der Waals surface area contributed by atoms with Gasteiger partial charge in [-0.25, -0.2) is 19.3 Å². The predicted molar refractivity (Wildman–Crippen MR) is 99.8 cm³/mol. The highest BCUT2D eigenvalue weighted by Crippen LogP contribution is 2.27. The first-order chi connectivity index (χ1) is 13.0. The lowest BCUT2D eigenvalue weighted by Gasteiger charge is -2.28. The van der Waals surface area contributed by atoms with E-state index in [1.807, 2.05) is 11.8 Å². The van der Waals surface area contributed by atoms with Gasteiger partial charge in [-0.2, -0.15) is 0 Å². The number of benzene rings is 1. The zero-order chi connectivity index (χ0) is 19.0. The standard InChI is InChI=1S/C19H17ClFN5O/c1-11-2-3-15(21)14(17(11)20)8-26-5-4-13-16(9-26)24-18(25-19(13)27)12-6-22-10-23-7-12/h2-3,6-7,10H,4-5,8-9H2,1H3,(H,24,25,27). The van der Waals surface area contributed by atoms with Crippen molar-refractivity contribution in [3.05, 3.63) is 74.4 Å². The van der Waals surface area contributed by atoms with Gasteiger partial charge in [0.25, 0.3) is 5.56 Å². The Balaban J connectivity index is 1.64. The molecule has 1 N–H and O–H groups in total. The van der Waals surface area contributed by atoms with E-state index in [2.05, 4.69) is 19.9 Å². The summed E-state index contributed by atoms with van der Waals surface area (Å²) in [6.45, 7) is 3.30. The Morgan fingerprint density at radius 3 is 2.85 bits per heavy atom. The van der Waals surface area contributed by atoms with Crippen molar-refractivity contribution >= 4 is 11.6 Å². The lowest BCUT2D eigenvalue weighted by atomic mass is 10.0. The van der Waals surface area contributed by atoms with Crippen molar-refractivity contribution in [1.82, 2.24) is 24.8 Å². The van der Waals surface area contributed by atoms with Gasteiger partial charge in [-0.05, 0) is 25.0 Å². The second-order valence-electron chi connectivity index (χ2n) is 6.58. The summed E-state index contributed by atoms with van der Waals surface area (Å²) in [6, 6.07) is 3.10. The van der Waals surface area contributed by atoms with Crippen molar-refractivity contribution in [1.29, 1.82) is 0 Å². The molecule has 0 amide bonds. The van der Waals surface area contributed by atoms with Crippen LogP contribution in [0.4, 0.5) is 4.39 Å². The van der Waals surface area contributed by atoms with Gasteiger partial charge in [-0.3, -0.25) is 9.69 Å². The normalized spacial score (nSPS) is 14.2. The van der Waals surface area contributed by atoms with E-state index in [0.29, 0.717) is 59.3 Å². The summed E-state index contributed by atoms with van der Waals surface area (Å²) >= 11 is 6.30. The van der Waals surface area contributed by atoms with Crippen LogP contribution in [0.2, 0.25) is 5.02 Å². The molecule has 1 aliphatic heterocycles. The van der Waals surface area contributed by atoms with Gasteiger partial charge in [-0.1, -0.05) is 17.7 Å². The summed E-state index contributed by atoms with van der Waals surface area (Å²) in [4.78, 5) is 29.8. The summed E-state index contributed by atoms with van der Waals surface area (Å²) in [5, 5.41) is 0.446. The van der Waals surface area contributed by atoms with Crippen LogP contribution < -0.4 is 5.56 Å². The number of aromatic amines is 1. The molecule has 8 heteroatoms. The van der Waals surface area contributed by atoms with E-state index in [4.69, 9.17) is 11.6 Å². The topological polar surface area (TPSA) is 74.8 Å². The highest BCUT2D eigenvalue weighted by molar-refractivity contribution is 6.32. The summed E-state index contributed by atoms with van der Waals surface area (Å²) in [6.07, 6.45) is 5.16. The smallest absolute Gasteiger partial charge is 0.254 e. The molecule has 1 aliphatic rings. The Hall–Kier alpha value is -2.64. The van der Waals surface area contributed by atoms with Crippen molar-refractivity contribution in [3.8, 4) is 11.4 Å². The largest absolute Gasteiger partial charge is 0.306 e. The third-order valence-electron chi connectivity index (χ3n) is 4.75. The molecule has 2 aromatic heterocycles. The number of nitrogens with one attached hydrogen (secondary N) is 1. The van der Waals surface area contributed by atoms with Gasteiger partial charge in [0, 0.05) is 43.2 Å². The van der Waals surface area contributed by atoms with Crippen molar-refractivity contribution in [3.63, 3.8) is 0 Å². The number of aryl methyl sites for hydroxylation is 1. The van der Waals surface area contributed by atoms with E-state index < -0.39 is 0 Å². The fraction of sp³-hybridized carbons (Fsp3) is 0.263. The van der Waals surface area contributed by atoms with Crippen molar-refractivity contribution in [2.45, 2.75) is 26.4 Å². The fourth-order valence-corrected chi connectivity index (χ4v) is 3.48. The Morgan fingerprint density at radius 2 is 2.07 bits per heavy atom. The van der Waals surface area contributed by atoms with Crippen LogP contribution in [0.5, 0.6) is 0 Å². The number of rotatable bonds is 3. The molecule has 4 rings (SSSR count). The molecule has 0 fully saturated rings. The molecule has 0 unspecified atom stereocenters. The van der Waals surface area contributed by atoms with Crippen LogP contribution in [0, 0.1) is 12.7 Å². The molecular weight excluding hydrogens is 369 g/mol. The van der Waals surface area contributed by atoms with Crippen LogP contribution in [0.25, 0.3) is 11.4 Å². The first-order valence-corrected chi connectivity index (χ1v) is 8.94. The van der Waals surface area contributed by atoms with Gasteiger partial charge in [0.1, 0.15) is 18.0 Å². The third-order valence-corrected chi connectivity index (χ3v) is 5.27. The van der Waals surface area contributed by atoms with Gasteiger partial charge >= 0.3 is 0 Å². The number of halogens is 2. The number of hydrogen-bond donors (Lipinski definition) is 1. The molecule has 3 heterocycles. The number of H-pyrrole nitrogens is 1. The van der Waals surface area contributed by atoms with E-state index in [-0.39, 0.29) is 11.4 Å². The number of fused-ring (bicyclic) bond motifs is 1. The average molecular weight is 386 g/mol. The summed E-state index contributed by atoms with van der Waals surface area (Å²) < 4.78 is 14.2. The molecular formula is C19H17ClFN5O. The molecule has 0 spiro atoms. The zero-order valence-corrected chi connectivity index (χ0v) is 15.4. The molecule has 0 bridgehead atoms. The van der Waals surface area contributed by atoms with E-state index in [1.54, 1.807) is 18.5 Å². The minimum Gasteiger partial charge on any atom is -0.306 e. The zero-order valence-electron chi connectivity index (χ0n) is 14.7. The Morgan fingerprint density at radius 1 is 1.30 bits per heavy atom. The van der Waals surface area contributed by atoms with Crippen LogP contribution >= 0.6 is 11.6 Å². The molecule has 3 aromatic rings. The van der Waals surface area contributed by atoms with Crippen LogP contribution in [0.3, 0.4) is 0 Å². The second-order valence-corrected chi connectivity index (χ2v) is 6.96. The van der Waals surface area contributed by atoms with E-state index in [9.17, 15) is 9.18 Å². The lowest BCUT2D eigenvalue weighted by Crippen LogP contribution is -2.35. The van der Waals surface area contributed by atoms with Gasteiger partial charge in [0.2, 0.25) is 0 Å². The van der Waals surface area contributed by atoms with Crippen LogP contribution in [0.1, 0.15) is 22.4 Å². The average Bonchev–Trinajstić information content (AvgIpc) is 2.68. The minimum atomic E-state index is -0.322. The maximum atomic E-state index is 14.2. The fourth-order valence-electron chi connectivity index (χ4n) is 3.27. The Kier molecular flexibility index (Phi) is 4.72. The SMILES string of the molecule is Cc1ccc(F)c(CN2CCc3c(nc(-c4cncnc4)[nH]c3=O)C2)c1Cl. The summed E-state index contributed by atoms with van der Waals surface area (Å²) in [5.74, 6) is 0.110. The molecule has 138 valence electrons. The monoisotopic (exact) mass is 385 g/mol. The van der Waals surface area contributed by atoms with Crippen LogP contribution in [-0.2, 0) is 19.5 Å². The van der Waals surface area contributed by atoms with E-state index in [0.717, 1.165) is 5.56 Å². The maximum absolute atomic E-state index is 14.2. The van der Waals surface area contributed by atoms with Gasteiger partial charge < -0.3 is 4.98 Å². The van der Waals surface area contributed by atoms with Crippen molar-refractivity contribution < 1.29 is 4.39 Å². The molecule has 0 aliphatic carbocycles. The molecule has 0 saturated heterocycles. The van der Waals surface area contributed by atoms with Crippen LogP contribution in [0.15, 0.2) is 35.6 Å². The number of nitrogens with zero attached hydrogens (tertiary/aromatic N) is 4. The maximum Gasteiger partial charge on any atom is 0.254 e.